The molecule has 3 heterocycles. The fourth-order valence-corrected chi connectivity index (χ4v) is 5.93. The topological polar surface area (TPSA) is 130 Å². The number of amides is 3. The maximum absolute atomic E-state index is 13.0. The minimum absolute atomic E-state index is 0.190. The number of hydrogen-bond donors (Lipinski definition) is 3. The molecule has 3 amide bonds. The average Bonchev–Trinajstić information content (AvgIpc) is 3.38. The van der Waals surface area contributed by atoms with E-state index < -0.39 is 11.8 Å². The molecule has 11 heteroatoms. The Labute approximate surface area is 182 Å². The number of carbonyl (C=O) groups excluding carboxylic acids is 3. The number of nitrogens with zero attached hydrogens (tertiary/aromatic N) is 3. The molecule has 0 radical (unpaired) electrons. The van der Waals surface area contributed by atoms with Crippen molar-refractivity contribution in [3.8, 4) is 0 Å². The lowest BCUT2D eigenvalue weighted by molar-refractivity contribution is -0.138. The number of carbonyl (C=O) groups is 3. The molecule has 1 aliphatic carbocycles. The van der Waals surface area contributed by atoms with Crippen LogP contribution in [0.2, 0.25) is 0 Å². The number of rotatable bonds is 4. The third-order valence-corrected chi connectivity index (χ3v) is 7.64. The lowest BCUT2D eigenvalue weighted by Gasteiger charge is -2.36. The molecule has 0 unspecified atom stereocenters. The molecule has 1 aliphatic heterocycles. The lowest BCUT2D eigenvalue weighted by Crippen LogP contribution is -2.56. The third-order valence-electron chi connectivity index (χ3n) is 5.62. The van der Waals surface area contributed by atoms with E-state index in [-0.39, 0.29) is 23.9 Å². The van der Waals surface area contributed by atoms with Crippen molar-refractivity contribution < 1.29 is 14.4 Å². The van der Waals surface area contributed by atoms with Crippen LogP contribution in [0.1, 0.15) is 50.6 Å². The van der Waals surface area contributed by atoms with Crippen molar-refractivity contribution in [2.24, 2.45) is 5.73 Å². The Bertz CT molecular complexity index is 944. The maximum atomic E-state index is 13.0. The predicted octanol–water partition coefficient (Wildman–Crippen LogP) is 0.624. The molecule has 3 atom stereocenters. The first-order valence-corrected chi connectivity index (χ1v) is 11.6. The van der Waals surface area contributed by atoms with E-state index in [1.165, 1.54) is 11.3 Å². The van der Waals surface area contributed by atoms with Crippen LogP contribution in [0.5, 0.6) is 0 Å². The largest absolute Gasteiger partial charge is 0.361 e. The molecule has 0 saturated heterocycles. The highest BCUT2D eigenvalue weighted by atomic mass is 32.1. The summed E-state index contributed by atoms with van der Waals surface area (Å²) in [5.74, 6) is -1.92. The first kappa shape index (κ1) is 20.9. The van der Waals surface area contributed by atoms with Gasteiger partial charge in [0.15, 0.2) is 5.01 Å². The molecule has 4 N–H and O–H groups in total. The zero-order valence-corrected chi connectivity index (χ0v) is 18.2. The number of fused-ring (bicyclic) bond motifs is 1. The molecular formula is C19H24N6O3S2. The number of nitrogens with one attached hydrogen (secondary N) is 2. The summed E-state index contributed by atoms with van der Waals surface area (Å²) in [5.41, 5.74) is 6.10. The van der Waals surface area contributed by atoms with Crippen molar-refractivity contribution in [3.05, 3.63) is 32.2 Å². The molecule has 4 rings (SSSR count). The highest BCUT2D eigenvalue weighted by Gasteiger charge is 2.35. The number of likely N-dealkylation sites (N-methyl/N-ethyl adjacent to an activating group) is 1. The van der Waals surface area contributed by atoms with Gasteiger partial charge in [-0.3, -0.25) is 14.4 Å². The fraction of sp³-hybridized carbons (Fsp3) is 0.526. The average molecular weight is 449 g/mol. The van der Waals surface area contributed by atoms with Crippen molar-refractivity contribution in [1.29, 1.82) is 0 Å². The predicted molar refractivity (Wildman–Crippen MR) is 113 cm³/mol. The molecule has 160 valence electrons. The number of hydrogen-bond acceptors (Lipinski definition) is 8. The van der Waals surface area contributed by atoms with Gasteiger partial charge in [0.1, 0.15) is 0 Å². The van der Waals surface area contributed by atoms with E-state index in [0.29, 0.717) is 17.8 Å². The lowest BCUT2D eigenvalue weighted by atomic mass is 9.82. The smallest absolute Gasteiger partial charge is 0.309 e. The van der Waals surface area contributed by atoms with Gasteiger partial charge in [-0.2, -0.15) is 0 Å². The summed E-state index contributed by atoms with van der Waals surface area (Å²) in [6.07, 6.45) is 4.65. The minimum atomic E-state index is -1.03. The first-order chi connectivity index (χ1) is 14.4. The Morgan fingerprint density at radius 3 is 2.80 bits per heavy atom. The summed E-state index contributed by atoms with van der Waals surface area (Å²) in [5, 5.41) is 9.11. The molecule has 2 aliphatic rings. The molecule has 1 saturated carbocycles. The SMILES string of the molecule is CN1CCc2nc(C(=O)N[C@@H]3C[C@@H](c4nccs4)CC[C@@H]3NC(=O)C(N)=O)sc2C1. The molecule has 2 aromatic heterocycles. The Morgan fingerprint density at radius 2 is 2.07 bits per heavy atom. The van der Waals surface area contributed by atoms with Gasteiger partial charge in [0, 0.05) is 47.9 Å². The summed E-state index contributed by atoms with van der Waals surface area (Å²) in [6, 6.07) is -0.710. The van der Waals surface area contributed by atoms with Crippen LogP contribution in [0.4, 0.5) is 0 Å². The van der Waals surface area contributed by atoms with E-state index >= 15 is 0 Å². The van der Waals surface area contributed by atoms with Gasteiger partial charge in [0.2, 0.25) is 0 Å². The number of primary amides is 1. The van der Waals surface area contributed by atoms with Crippen LogP contribution < -0.4 is 16.4 Å². The van der Waals surface area contributed by atoms with E-state index in [1.807, 2.05) is 5.38 Å². The highest BCUT2D eigenvalue weighted by molar-refractivity contribution is 7.13. The Balaban J connectivity index is 1.50. The molecule has 0 bridgehead atoms. The standard InChI is InChI=1S/C19H24N6O3S2/c1-25-6-4-12-14(9-25)30-19(24-12)17(28)23-13-8-10(18-21-5-7-29-18)2-3-11(13)22-16(27)15(20)26/h5,7,10-11,13H,2-4,6,8-9H2,1H3,(H2,20,26)(H,22,27)(H,23,28)/t10-,11-,13+/m0/s1. The van der Waals surface area contributed by atoms with Crippen molar-refractivity contribution >= 4 is 40.4 Å². The van der Waals surface area contributed by atoms with Crippen molar-refractivity contribution in [2.75, 3.05) is 13.6 Å². The summed E-state index contributed by atoms with van der Waals surface area (Å²) in [6.45, 7) is 1.73. The first-order valence-electron chi connectivity index (χ1n) is 9.88. The van der Waals surface area contributed by atoms with Crippen LogP contribution in [0.3, 0.4) is 0 Å². The van der Waals surface area contributed by atoms with E-state index in [9.17, 15) is 14.4 Å². The number of thiazole rings is 2. The second kappa shape index (κ2) is 8.78. The number of aromatic nitrogens is 2. The molecule has 0 spiro atoms. The van der Waals surface area contributed by atoms with Crippen molar-refractivity contribution in [1.82, 2.24) is 25.5 Å². The van der Waals surface area contributed by atoms with Gasteiger partial charge in [-0.1, -0.05) is 0 Å². The Kier molecular flexibility index (Phi) is 6.11. The van der Waals surface area contributed by atoms with Gasteiger partial charge in [-0.25, -0.2) is 9.97 Å². The van der Waals surface area contributed by atoms with Crippen molar-refractivity contribution in [3.63, 3.8) is 0 Å². The molecule has 30 heavy (non-hydrogen) atoms. The highest BCUT2D eigenvalue weighted by Crippen LogP contribution is 2.34. The van der Waals surface area contributed by atoms with Crippen LogP contribution in [0.15, 0.2) is 11.6 Å². The van der Waals surface area contributed by atoms with Crippen LogP contribution in [0, 0.1) is 0 Å². The summed E-state index contributed by atoms with van der Waals surface area (Å²) >= 11 is 3.00. The maximum Gasteiger partial charge on any atom is 0.309 e. The molecule has 0 aromatic carbocycles. The quantitative estimate of drug-likeness (QED) is 0.588. The normalized spacial score (nSPS) is 24.1. The Hall–Kier alpha value is -2.37. The van der Waals surface area contributed by atoms with Gasteiger partial charge in [0.25, 0.3) is 5.91 Å². The van der Waals surface area contributed by atoms with Gasteiger partial charge in [0.05, 0.1) is 16.7 Å². The molecular weight excluding hydrogens is 424 g/mol. The summed E-state index contributed by atoms with van der Waals surface area (Å²) in [7, 11) is 2.05. The Morgan fingerprint density at radius 1 is 1.23 bits per heavy atom. The van der Waals surface area contributed by atoms with E-state index in [0.717, 1.165) is 41.5 Å². The zero-order valence-electron chi connectivity index (χ0n) is 16.6. The van der Waals surface area contributed by atoms with Crippen LogP contribution in [-0.4, -0.2) is 58.3 Å². The van der Waals surface area contributed by atoms with Crippen molar-refractivity contribution in [2.45, 2.75) is 50.2 Å². The fourth-order valence-electron chi connectivity index (χ4n) is 4.05. The number of nitrogens with two attached hydrogens (primary N) is 1. The summed E-state index contributed by atoms with van der Waals surface area (Å²) < 4.78 is 0. The van der Waals surface area contributed by atoms with E-state index in [2.05, 4.69) is 32.5 Å². The van der Waals surface area contributed by atoms with Crippen LogP contribution in [-0.2, 0) is 22.6 Å². The zero-order chi connectivity index (χ0) is 21.3. The monoisotopic (exact) mass is 448 g/mol. The summed E-state index contributed by atoms with van der Waals surface area (Å²) in [4.78, 5) is 48.3. The van der Waals surface area contributed by atoms with Gasteiger partial charge in [-0.15, -0.1) is 22.7 Å². The molecule has 1 fully saturated rings. The second-order valence-electron chi connectivity index (χ2n) is 7.78. The van der Waals surface area contributed by atoms with Gasteiger partial charge >= 0.3 is 11.8 Å². The van der Waals surface area contributed by atoms with E-state index in [1.54, 1.807) is 17.5 Å². The third kappa shape index (κ3) is 4.52. The van der Waals surface area contributed by atoms with Crippen LogP contribution >= 0.6 is 22.7 Å². The molecule has 9 nitrogen and oxygen atoms in total. The van der Waals surface area contributed by atoms with E-state index in [4.69, 9.17) is 5.73 Å². The van der Waals surface area contributed by atoms with Gasteiger partial charge in [-0.05, 0) is 26.3 Å². The molecule has 2 aromatic rings. The minimum Gasteiger partial charge on any atom is -0.361 e. The van der Waals surface area contributed by atoms with Crippen LogP contribution in [0.25, 0.3) is 0 Å². The second-order valence-corrected chi connectivity index (χ2v) is 9.79. The van der Waals surface area contributed by atoms with Gasteiger partial charge < -0.3 is 21.3 Å².